The van der Waals surface area contributed by atoms with Crippen LogP contribution >= 0.6 is 11.3 Å². The minimum Gasteiger partial charge on any atom is -0.493 e. The maximum absolute atomic E-state index is 5.44. The van der Waals surface area contributed by atoms with E-state index in [1.165, 1.54) is 33.2 Å². The Morgan fingerprint density at radius 1 is 1.00 bits per heavy atom. The van der Waals surface area contributed by atoms with Gasteiger partial charge in [0.25, 0.3) is 0 Å². The number of methoxy groups -OCH3 is 2. The van der Waals surface area contributed by atoms with Gasteiger partial charge in [0, 0.05) is 30.9 Å². The van der Waals surface area contributed by atoms with E-state index in [9.17, 15) is 0 Å². The molecule has 0 unspecified atom stereocenters. The molecule has 0 amide bonds. The first-order valence-electron chi connectivity index (χ1n) is 10.3. The van der Waals surface area contributed by atoms with Crippen LogP contribution in [0.5, 0.6) is 11.5 Å². The smallest absolute Gasteiger partial charge is 0.161 e. The van der Waals surface area contributed by atoms with Crippen molar-refractivity contribution in [3.63, 3.8) is 0 Å². The van der Waals surface area contributed by atoms with Gasteiger partial charge in [0.15, 0.2) is 11.5 Å². The van der Waals surface area contributed by atoms with E-state index < -0.39 is 0 Å². The monoisotopic (exact) mass is 410 g/mol. The molecule has 0 spiro atoms. The lowest BCUT2D eigenvalue weighted by molar-refractivity contribution is 0.251. The highest BCUT2D eigenvalue weighted by Gasteiger charge is 2.21. The predicted molar refractivity (Wildman–Crippen MR) is 121 cm³/mol. The number of hydrogen-bond acceptors (Lipinski definition) is 5. The van der Waals surface area contributed by atoms with Crippen LogP contribution in [0, 0.1) is 0 Å². The van der Waals surface area contributed by atoms with E-state index in [2.05, 4.69) is 58.6 Å². The lowest BCUT2D eigenvalue weighted by atomic mass is 10.1. The highest BCUT2D eigenvalue weighted by atomic mass is 32.1. The van der Waals surface area contributed by atoms with Crippen molar-refractivity contribution in [3.05, 3.63) is 58.5 Å². The first-order valence-corrected chi connectivity index (χ1v) is 11.2. The van der Waals surface area contributed by atoms with Crippen LogP contribution in [0.3, 0.4) is 0 Å². The zero-order valence-electron chi connectivity index (χ0n) is 17.6. The maximum Gasteiger partial charge on any atom is 0.161 e. The van der Waals surface area contributed by atoms with Crippen LogP contribution in [0.4, 0.5) is 0 Å². The highest BCUT2D eigenvalue weighted by Crippen LogP contribution is 2.34. The molecule has 4 nitrogen and oxygen atoms in total. The molecule has 0 radical (unpaired) electrons. The Kier molecular flexibility index (Phi) is 6.38. The molecular weight excluding hydrogens is 380 g/mol. The molecule has 4 rings (SSSR count). The molecule has 29 heavy (non-hydrogen) atoms. The van der Waals surface area contributed by atoms with Gasteiger partial charge in [-0.25, -0.2) is 0 Å². The molecule has 2 aromatic carbocycles. The standard InChI is InChI=1S/C24H30N2O2S/c1-25(12-9-18-17-29-24-8-5-4-7-21(18)24)10-6-11-26-15-19-13-22(27-2)23(28-3)14-20(19)16-26/h4-5,7-8,13-14,17H,6,9-12,15-16H2,1-3H3. The number of likely N-dealkylation sites (N-methyl/N-ethyl adjacent to an activating group) is 1. The van der Waals surface area contributed by atoms with Gasteiger partial charge in [-0.2, -0.15) is 0 Å². The molecule has 1 aliphatic heterocycles. The molecule has 0 saturated carbocycles. The van der Waals surface area contributed by atoms with Crippen molar-refractivity contribution in [2.24, 2.45) is 0 Å². The molecular formula is C24H30N2O2S. The minimum absolute atomic E-state index is 0.828. The molecule has 0 N–H and O–H groups in total. The number of thiophene rings is 1. The molecule has 5 heteroatoms. The first-order chi connectivity index (χ1) is 14.2. The highest BCUT2D eigenvalue weighted by molar-refractivity contribution is 7.17. The Balaban J connectivity index is 1.23. The average molecular weight is 411 g/mol. The number of rotatable bonds is 9. The first kappa shape index (κ1) is 20.2. The molecule has 0 bridgehead atoms. The zero-order valence-corrected chi connectivity index (χ0v) is 18.4. The summed E-state index contributed by atoms with van der Waals surface area (Å²) in [4.78, 5) is 4.98. The fourth-order valence-electron chi connectivity index (χ4n) is 4.17. The second kappa shape index (κ2) is 9.16. The average Bonchev–Trinajstić information content (AvgIpc) is 3.34. The number of ether oxygens (including phenoxy) is 2. The van der Waals surface area contributed by atoms with Crippen LogP contribution in [-0.2, 0) is 19.5 Å². The SMILES string of the molecule is COc1cc2c(cc1OC)CN(CCCN(C)CCc1csc3ccccc13)C2. The topological polar surface area (TPSA) is 24.9 Å². The largest absolute Gasteiger partial charge is 0.493 e. The molecule has 1 aromatic heterocycles. The summed E-state index contributed by atoms with van der Waals surface area (Å²) in [6, 6.07) is 13.0. The summed E-state index contributed by atoms with van der Waals surface area (Å²) >= 11 is 1.86. The number of benzene rings is 2. The van der Waals surface area contributed by atoms with Crippen molar-refractivity contribution in [2.45, 2.75) is 25.9 Å². The van der Waals surface area contributed by atoms with Gasteiger partial charge in [-0.1, -0.05) is 18.2 Å². The van der Waals surface area contributed by atoms with Crippen molar-refractivity contribution < 1.29 is 9.47 Å². The Hall–Kier alpha value is -2.08. The summed E-state index contributed by atoms with van der Waals surface area (Å²) < 4.78 is 12.3. The van der Waals surface area contributed by atoms with Crippen molar-refractivity contribution in [2.75, 3.05) is 40.9 Å². The molecule has 2 heterocycles. The summed E-state index contributed by atoms with van der Waals surface area (Å²) in [7, 11) is 5.64. The van der Waals surface area contributed by atoms with E-state index in [4.69, 9.17) is 9.47 Å². The van der Waals surface area contributed by atoms with Gasteiger partial charge < -0.3 is 14.4 Å². The van der Waals surface area contributed by atoms with Crippen LogP contribution in [0.25, 0.3) is 10.1 Å². The third-order valence-electron chi connectivity index (χ3n) is 5.83. The van der Waals surface area contributed by atoms with Crippen LogP contribution in [0.2, 0.25) is 0 Å². The molecule has 3 aromatic rings. The van der Waals surface area contributed by atoms with Crippen molar-refractivity contribution in [1.29, 1.82) is 0 Å². The molecule has 1 aliphatic rings. The van der Waals surface area contributed by atoms with E-state index >= 15 is 0 Å². The van der Waals surface area contributed by atoms with Crippen LogP contribution in [0.1, 0.15) is 23.1 Å². The van der Waals surface area contributed by atoms with Crippen molar-refractivity contribution in [1.82, 2.24) is 9.80 Å². The minimum atomic E-state index is 0.828. The fourth-order valence-corrected chi connectivity index (χ4v) is 5.16. The molecule has 154 valence electrons. The lowest BCUT2D eigenvalue weighted by Crippen LogP contribution is -2.26. The van der Waals surface area contributed by atoms with E-state index in [0.717, 1.165) is 50.6 Å². The quantitative estimate of drug-likeness (QED) is 0.506. The zero-order chi connectivity index (χ0) is 20.2. The Labute approximate surface area is 177 Å². The number of nitrogens with zero attached hydrogens (tertiary/aromatic N) is 2. The predicted octanol–water partition coefficient (Wildman–Crippen LogP) is 4.80. The number of hydrogen-bond donors (Lipinski definition) is 0. The summed E-state index contributed by atoms with van der Waals surface area (Å²) in [5.41, 5.74) is 4.20. The summed E-state index contributed by atoms with van der Waals surface area (Å²) in [5, 5.41) is 3.74. The third-order valence-corrected chi connectivity index (χ3v) is 6.84. The van der Waals surface area contributed by atoms with Gasteiger partial charge in [-0.05, 0) is 72.1 Å². The normalized spacial score (nSPS) is 13.9. The lowest BCUT2D eigenvalue weighted by Gasteiger charge is -2.19. The second-order valence-corrected chi connectivity index (χ2v) is 8.76. The van der Waals surface area contributed by atoms with Crippen molar-refractivity contribution in [3.8, 4) is 11.5 Å². The van der Waals surface area contributed by atoms with E-state index in [0.29, 0.717) is 0 Å². The summed E-state index contributed by atoms with van der Waals surface area (Å²) in [5.74, 6) is 1.66. The van der Waals surface area contributed by atoms with E-state index in [-0.39, 0.29) is 0 Å². The molecule has 0 fully saturated rings. The Bertz CT molecular complexity index is 936. The summed E-state index contributed by atoms with van der Waals surface area (Å²) in [6.07, 6.45) is 2.30. The second-order valence-electron chi connectivity index (χ2n) is 7.85. The molecule has 0 atom stereocenters. The maximum atomic E-state index is 5.44. The van der Waals surface area contributed by atoms with Gasteiger partial charge in [-0.15, -0.1) is 11.3 Å². The van der Waals surface area contributed by atoms with Gasteiger partial charge in [-0.3, -0.25) is 4.90 Å². The fraction of sp³-hybridized carbons (Fsp3) is 0.417. The van der Waals surface area contributed by atoms with Crippen LogP contribution in [0.15, 0.2) is 41.8 Å². The number of fused-ring (bicyclic) bond motifs is 2. The molecule has 0 aliphatic carbocycles. The Morgan fingerprint density at radius 2 is 1.69 bits per heavy atom. The molecule has 0 saturated heterocycles. The van der Waals surface area contributed by atoms with Gasteiger partial charge in [0.1, 0.15) is 0 Å². The summed E-state index contributed by atoms with van der Waals surface area (Å²) in [6.45, 7) is 5.35. The third kappa shape index (κ3) is 4.58. The van der Waals surface area contributed by atoms with E-state index in [1.54, 1.807) is 14.2 Å². The van der Waals surface area contributed by atoms with Gasteiger partial charge >= 0.3 is 0 Å². The van der Waals surface area contributed by atoms with E-state index in [1.807, 2.05) is 11.3 Å². The van der Waals surface area contributed by atoms with Gasteiger partial charge in [0.05, 0.1) is 14.2 Å². The van der Waals surface area contributed by atoms with Crippen molar-refractivity contribution >= 4 is 21.4 Å². The van der Waals surface area contributed by atoms with Crippen LogP contribution in [-0.4, -0.2) is 50.7 Å². The Morgan fingerprint density at radius 3 is 2.38 bits per heavy atom. The van der Waals surface area contributed by atoms with Crippen LogP contribution < -0.4 is 9.47 Å². The van der Waals surface area contributed by atoms with Gasteiger partial charge in [0.2, 0.25) is 0 Å².